The highest BCUT2D eigenvalue weighted by Crippen LogP contribution is 2.45. The molecule has 13 heteroatoms. The van der Waals surface area contributed by atoms with E-state index in [0.29, 0.717) is 49.1 Å². The van der Waals surface area contributed by atoms with E-state index in [0.717, 1.165) is 59.4 Å². The predicted molar refractivity (Wildman–Crippen MR) is 188 cm³/mol. The number of anilines is 1. The Balaban J connectivity index is 1.07. The van der Waals surface area contributed by atoms with Crippen molar-refractivity contribution in [1.82, 2.24) is 14.5 Å². The van der Waals surface area contributed by atoms with Crippen molar-refractivity contribution < 1.29 is 28.2 Å². The average Bonchev–Trinajstić information content (AvgIpc) is 3.82. The monoisotopic (exact) mass is 721 g/mol. The van der Waals surface area contributed by atoms with Crippen molar-refractivity contribution in [2.24, 2.45) is 18.7 Å². The van der Waals surface area contributed by atoms with Crippen molar-refractivity contribution in [3.63, 3.8) is 0 Å². The third kappa shape index (κ3) is 6.55. The van der Waals surface area contributed by atoms with Crippen molar-refractivity contribution in [3.8, 4) is 22.6 Å². The van der Waals surface area contributed by atoms with Gasteiger partial charge in [-0.25, -0.2) is 9.37 Å². The summed E-state index contributed by atoms with van der Waals surface area (Å²) in [5.74, 6) is -0.286. The molecule has 262 valence electrons. The fraction of sp³-hybridized carbons (Fsp3) is 0.378. The molecule has 1 aromatic heterocycles. The fourth-order valence-electron chi connectivity index (χ4n) is 6.92. The van der Waals surface area contributed by atoms with E-state index in [2.05, 4.69) is 10.2 Å². The third-order valence-corrected chi connectivity index (χ3v) is 10.5. The van der Waals surface area contributed by atoms with Gasteiger partial charge in [-0.1, -0.05) is 53.5 Å². The first-order valence-corrected chi connectivity index (χ1v) is 17.5. The summed E-state index contributed by atoms with van der Waals surface area (Å²) in [4.78, 5) is 32.4. The van der Waals surface area contributed by atoms with Crippen LogP contribution in [0.25, 0.3) is 11.1 Å². The number of amides is 1. The molecule has 50 heavy (non-hydrogen) atoms. The maximum Gasteiger partial charge on any atom is 0.308 e. The molecule has 1 amide bonds. The SMILES string of the molecule is COc1cc(OC2CCc3c(-c4cccc(NC(=O)c5nc6c(n5C)CCN(CCOC(=O)C5CC5)C6)c4Cl)cccc32)c(Cl)c(F)c1CN. The highest BCUT2D eigenvalue weighted by Gasteiger charge is 2.32. The molecule has 1 saturated carbocycles. The third-order valence-electron chi connectivity index (χ3n) is 9.78. The van der Waals surface area contributed by atoms with Gasteiger partial charge in [-0.15, -0.1) is 0 Å². The van der Waals surface area contributed by atoms with Gasteiger partial charge in [0.25, 0.3) is 5.91 Å². The van der Waals surface area contributed by atoms with Crippen LogP contribution < -0.4 is 20.5 Å². The number of hydrogen-bond acceptors (Lipinski definition) is 8. The van der Waals surface area contributed by atoms with Gasteiger partial charge in [0.05, 0.1) is 29.4 Å². The topological polar surface area (TPSA) is 121 Å². The lowest BCUT2D eigenvalue weighted by Crippen LogP contribution is -2.34. The summed E-state index contributed by atoms with van der Waals surface area (Å²) >= 11 is 13.4. The molecule has 2 heterocycles. The van der Waals surface area contributed by atoms with Crippen LogP contribution in [0.15, 0.2) is 42.5 Å². The Morgan fingerprint density at radius 2 is 1.84 bits per heavy atom. The van der Waals surface area contributed by atoms with Gasteiger partial charge in [-0.05, 0) is 48.4 Å². The molecule has 4 aromatic rings. The van der Waals surface area contributed by atoms with Crippen LogP contribution >= 0.6 is 23.2 Å². The van der Waals surface area contributed by atoms with Gasteiger partial charge in [-0.3, -0.25) is 14.5 Å². The number of nitrogens with zero attached hydrogens (tertiary/aromatic N) is 3. The Hall–Kier alpha value is -4.16. The Morgan fingerprint density at radius 3 is 2.60 bits per heavy atom. The van der Waals surface area contributed by atoms with E-state index in [-0.39, 0.29) is 52.5 Å². The summed E-state index contributed by atoms with van der Waals surface area (Å²) in [6, 6.07) is 13.0. The molecule has 1 atom stereocenters. The summed E-state index contributed by atoms with van der Waals surface area (Å²) in [5, 5.41) is 3.24. The fourth-order valence-corrected chi connectivity index (χ4v) is 7.41. The van der Waals surface area contributed by atoms with Gasteiger partial charge >= 0.3 is 5.97 Å². The number of esters is 1. The maximum absolute atomic E-state index is 15.0. The van der Waals surface area contributed by atoms with E-state index < -0.39 is 5.82 Å². The second-order valence-corrected chi connectivity index (χ2v) is 13.6. The Kier molecular flexibility index (Phi) is 9.76. The molecule has 0 bridgehead atoms. The zero-order valence-corrected chi connectivity index (χ0v) is 29.4. The number of carbonyl (C=O) groups excluding carboxylic acids is 2. The smallest absolute Gasteiger partial charge is 0.308 e. The van der Waals surface area contributed by atoms with Crippen LogP contribution in [0.2, 0.25) is 10.0 Å². The van der Waals surface area contributed by atoms with Gasteiger partial charge in [0.15, 0.2) is 11.6 Å². The molecular formula is C37H38Cl2FN5O5. The molecule has 10 nitrogen and oxygen atoms in total. The van der Waals surface area contributed by atoms with Gasteiger partial charge in [0, 0.05) is 62.5 Å². The van der Waals surface area contributed by atoms with Gasteiger partial charge in [0.1, 0.15) is 29.2 Å². The molecule has 7 rings (SSSR count). The Morgan fingerprint density at radius 1 is 1.06 bits per heavy atom. The summed E-state index contributed by atoms with van der Waals surface area (Å²) in [7, 11) is 3.29. The normalized spacial score (nSPS) is 16.9. The Labute approximate surface area is 299 Å². The summed E-state index contributed by atoms with van der Waals surface area (Å²) in [6.07, 6.45) is 3.54. The van der Waals surface area contributed by atoms with E-state index in [1.54, 1.807) is 12.1 Å². The van der Waals surface area contributed by atoms with E-state index >= 15 is 0 Å². The molecule has 3 aliphatic rings. The van der Waals surface area contributed by atoms with Crippen molar-refractivity contribution in [2.75, 3.05) is 32.1 Å². The van der Waals surface area contributed by atoms with E-state index in [1.165, 1.54) is 7.11 Å². The number of methoxy groups -OCH3 is 1. The number of carbonyl (C=O) groups is 2. The molecule has 2 aliphatic carbocycles. The van der Waals surface area contributed by atoms with E-state index in [1.807, 2.05) is 41.9 Å². The zero-order chi connectivity index (χ0) is 35.1. The average molecular weight is 723 g/mol. The summed E-state index contributed by atoms with van der Waals surface area (Å²) in [6.45, 7) is 2.27. The lowest BCUT2D eigenvalue weighted by atomic mass is 9.96. The highest BCUT2D eigenvalue weighted by molar-refractivity contribution is 6.36. The van der Waals surface area contributed by atoms with Crippen molar-refractivity contribution in [3.05, 3.63) is 92.2 Å². The van der Waals surface area contributed by atoms with Crippen molar-refractivity contribution in [1.29, 1.82) is 0 Å². The number of benzene rings is 3. The number of nitrogens with two attached hydrogens (primary N) is 1. The lowest BCUT2D eigenvalue weighted by molar-refractivity contribution is -0.145. The zero-order valence-electron chi connectivity index (χ0n) is 27.9. The predicted octanol–water partition coefficient (Wildman–Crippen LogP) is 6.63. The van der Waals surface area contributed by atoms with Crippen molar-refractivity contribution >= 4 is 40.8 Å². The quantitative estimate of drug-likeness (QED) is 0.166. The maximum atomic E-state index is 15.0. The second kappa shape index (κ2) is 14.2. The first-order chi connectivity index (χ1) is 24.2. The van der Waals surface area contributed by atoms with Crippen molar-refractivity contribution in [2.45, 2.75) is 51.3 Å². The first kappa shape index (κ1) is 34.3. The second-order valence-electron chi connectivity index (χ2n) is 12.9. The molecular weight excluding hydrogens is 684 g/mol. The van der Waals surface area contributed by atoms with Crippen LogP contribution in [0.1, 0.15) is 64.1 Å². The van der Waals surface area contributed by atoms with Crippen LogP contribution in [0, 0.1) is 11.7 Å². The molecule has 3 aromatic carbocycles. The minimum Gasteiger partial charge on any atom is -0.496 e. The number of fused-ring (bicyclic) bond motifs is 2. The molecule has 1 unspecified atom stereocenters. The Bertz CT molecular complexity index is 1980. The largest absolute Gasteiger partial charge is 0.496 e. The van der Waals surface area contributed by atoms with Gasteiger partial charge in [-0.2, -0.15) is 0 Å². The number of nitrogens with one attached hydrogen (secondary N) is 1. The molecule has 1 aliphatic heterocycles. The first-order valence-electron chi connectivity index (χ1n) is 16.8. The van der Waals surface area contributed by atoms with Crippen LogP contribution in [-0.2, 0) is 42.5 Å². The number of halogens is 3. The number of rotatable bonds is 11. The summed E-state index contributed by atoms with van der Waals surface area (Å²) in [5.41, 5.74) is 11.9. The van der Waals surface area contributed by atoms with Crippen LogP contribution in [0.3, 0.4) is 0 Å². The highest BCUT2D eigenvalue weighted by atomic mass is 35.5. The minimum atomic E-state index is -0.656. The molecule has 0 saturated heterocycles. The lowest BCUT2D eigenvalue weighted by Gasteiger charge is -2.26. The molecule has 1 fully saturated rings. The van der Waals surface area contributed by atoms with Crippen LogP contribution in [0.4, 0.5) is 10.1 Å². The minimum absolute atomic E-state index is 0.0608. The van der Waals surface area contributed by atoms with E-state index in [9.17, 15) is 14.0 Å². The van der Waals surface area contributed by atoms with Crippen LogP contribution in [0.5, 0.6) is 11.5 Å². The number of hydrogen-bond donors (Lipinski definition) is 2. The summed E-state index contributed by atoms with van der Waals surface area (Å²) < 4.78 is 33.9. The standard InChI is InChI=1S/C37H38Cl2FN5O5/c1-44-28-13-14-45(15-16-49-37(47)20-9-10-20)19-27(28)42-35(44)36(46)43-26-8-4-7-24(32(26)38)21-5-3-6-23-22(21)11-12-29(23)50-31-17-30(48-2)25(18-41)34(40)33(31)39/h3-8,17,20,29H,9-16,18-19,41H2,1-2H3,(H,43,46). The number of imidazole rings is 1. The molecule has 0 spiro atoms. The molecule has 0 radical (unpaired) electrons. The number of ether oxygens (including phenoxy) is 3. The van der Waals surface area contributed by atoms with E-state index in [4.69, 9.17) is 48.1 Å². The van der Waals surface area contributed by atoms with Gasteiger partial charge in [0.2, 0.25) is 0 Å². The number of aromatic nitrogens is 2. The molecule has 3 N–H and O–H groups in total. The van der Waals surface area contributed by atoms with Gasteiger partial charge < -0.3 is 29.8 Å². The van der Waals surface area contributed by atoms with Crippen LogP contribution in [-0.4, -0.2) is 53.1 Å².